The Morgan fingerprint density at radius 2 is 1.74 bits per heavy atom. The van der Waals surface area contributed by atoms with Gasteiger partial charge in [0, 0.05) is 51.6 Å². The summed E-state index contributed by atoms with van der Waals surface area (Å²) in [5, 5.41) is 6.14. The lowest BCUT2D eigenvalue weighted by atomic mass is 9.86. The number of piperidine rings is 1. The Bertz CT molecular complexity index is 1740. The van der Waals surface area contributed by atoms with E-state index < -0.39 is 15.1 Å². The van der Waals surface area contributed by atoms with Crippen molar-refractivity contribution in [2.24, 2.45) is 0 Å². The Kier molecular flexibility index (Phi) is 13.3. The Morgan fingerprint density at radius 3 is 2.42 bits per heavy atom. The molecule has 3 aromatic rings. The maximum absolute atomic E-state index is 13.0. The minimum atomic E-state index is -3.55. The van der Waals surface area contributed by atoms with Crippen LogP contribution in [0.2, 0.25) is 5.02 Å². The molecule has 50 heavy (non-hydrogen) atoms. The number of anilines is 4. The zero-order valence-electron chi connectivity index (χ0n) is 29.9. The second kappa shape index (κ2) is 17.2. The molecule has 0 aliphatic carbocycles. The largest absolute Gasteiger partial charge is 0.489 e. The zero-order valence-corrected chi connectivity index (χ0v) is 33.1. The fraction of sp³-hybridized carbons (Fsp3) is 0.528. The number of thioether (sulfide) groups is 1. The average Bonchev–Trinajstić information content (AvgIpc) is 3.08. The van der Waals surface area contributed by atoms with Crippen molar-refractivity contribution in [3.05, 3.63) is 58.7 Å². The van der Waals surface area contributed by atoms with Crippen LogP contribution in [-0.2, 0) is 9.84 Å². The molecular weight excluding hydrogens is 710 g/mol. The van der Waals surface area contributed by atoms with Gasteiger partial charge in [-0.15, -0.1) is 0 Å². The lowest BCUT2D eigenvalue weighted by Crippen LogP contribution is -2.45. The summed E-state index contributed by atoms with van der Waals surface area (Å²) in [6, 6.07) is 11.0. The highest BCUT2D eigenvalue weighted by Gasteiger charge is 2.26. The van der Waals surface area contributed by atoms with Gasteiger partial charge >= 0.3 is 0 Å². The minimum absolute atomic E-state index is 0.0454. The van der Waals surface area contributed by atoms with Gasteiger partial charge < -0.3 is 25.2 Å². The van der Waals surface area contributed by atoms with Crippen LogP contribution in [0.25, 0.3) is 0 Å². The third-order valence-corrected chi connectivity index (χ3v) is 13.2. The lowest BCUT2D eigenvalue weighted by molar-refractivity contribution is 0.161. The van der Waals surface area contributed by atoms with Crippen molar-refractivity contribution in [3.8, 4) is 5.75 Å². The summed E-state index contributed by atoms with van der Waals surface area (Å²) < 4.78 is 33.4. The second-order valence-electron chi connectivity index (χ2n) is 13.6. The van der Waals surface area contributed by atoms with Crippen molar-refractivity contribution in [1.29, 1.82) is 0 Å². The van der Waals surface area contributed by atoms with Crippen molar-refractivity contribution >= 4 is 72.9 Å². The molecule has 0 unspecified atom stereocenters. The number of benzene rings is 2. The molecule has 0 bridgehead atoms. The predicted molar refractivity (Wildman–Crippen MR) is 212 cm³/mol. The molecule has 0 radical (unpaired) electrons. The molecule has 2 aromatic carbocycles. The third-order valence-electron chi connectivity index (χ3n) is 9.21. The summed E-state index contributed by atoms with van der Waals surface area (Å²) in [6.45, 7) is 17.0. The molecule has 0 amide bonds. The van der Waals surface area contributed by atoms with E-state index in [0.29, 0.717) is 17.6 Å². The first-order chi connectivity index (χ1) is 23.8. The first-order valence-corrected chi connectivity index (χ1v) is 20.7. The van der Waals surface area contributed by atoms with Crippen molar-refractivity contribution in [1.82, 2.24) is 24.7 Å². The van der Waals surface area contributed by atoms with Crippen LogP contribution in [-0.4, -0.2) is 107 Å². The van der Waals surface area contributed by atoms with Gasteiger partial charge in [-0.25, -0.2) is 13.4 Å². The molecule has 5 rings (SSSR count). The van der Waals surface area contributed by atoms with E-state index in [4.69, 9.17) is 28.6 Å². The van der Waals surface area contributed by atoms with Crippen LogP contribution in [0.4, 0.5) is 23.1 Å². The number of thiocarbonyl (C=S) groups is 1. The van der Waals surface area contributed by atoms with E-state index >= 15 is 0 Å². The highest BCUT2D eigenvalue weighted by atomic mass is 35.5. The van der Waals surface area contributed by atoms with Crippen LogP contribution in [0, 0.1) is 6.92 Å². The van der Waals surface area contributed by atoms with Gasteiger partial charge in [-0.1, -0.05) is 47.7 Å². The Hall–Kier alpha value is -2.68. The number of aromatic nitrogens is 2. The molecule has 3 heterocycles. The van der Waals surface area contributed by atoms with Gasteiger partial charge in [-0.2, -0.15) is 4.98 Å². The van der Waals surface area contributed by atoms with Crippen molar-refractivity contribution in [2.75, 3.05) is 69.2 Å². The van der Waals surface area contributed by atoms with E-state index in [2.05, 4.69) is 61.4 Å². The number of likely N-dealkylation sites (tertiary alicyclic amines) is 1. The number of hydrogen-bond acceptors (Lipinski definition) is 11. The van der Waals surface area contributed by atoms with E-state index in [0.717, 1.165) is 85.7 Å². The van der Waals surface area contributed by atoms with E-state index in [1.807, 2.05) is 25.6 Å². The number of aryl methyl sites for hydroxylation is 1. The number of ether oxygens (including phenoxy) is 1. The molecule has 2 saturated heterocycles. The van der Waals surface area contributed by atoms with Crippen LogP contribution in [0.3, 0.4) is 0 Å². The molecule has 0 atom stereocenters. The van der Waals surface area contributed by atoms with Gasteiger partial charge in [-0.05, 0) is 95.8 Å². The molecule has 2 aliphatic rings. The number of sulfone groups is 1. The molecule has 1 aromatic heterocycles. The Labute approximate surface area is 312 Å². The van der Waals surface area contributed by atoms with Crippen LogP contribution >= 0.6 is 35.6 Å². The van der Waals surface area contributed by atoms with E-state index in [1.54, 1.807) is 38.1 Å². The number of rotatable bonds is 12. The molecule has 0 saturated carbocycles. The van der Waals surface area contributed by atoms with Crippen LogP contribution in [0.1, 0.15) is 57.6 Å². The Morgan fingerprint density at radius 1 is 1.04 bits per heavy atom. The van der Waals surface area contributed by atoms with E-state index in [9.17, 15) is 8.42 Å². The summed E-state index contributed by atoms with van der Waals surface area (Å²) in [5.41, 5.74) is 3.58. The summed E-state index contributed by atoms with van der Waals surface area (Å²) in [5.74, 6) is 2.75. The number of piperazine rings is 1. The molecule has 2 fully saturated rings. The second-order valence-corrected chi connectivity index (χ2v) is 18.2. The zero-order chi connectivity index (χ0) is 36.0. The molecule has 14 heteroatoms. The van der Waals surface area contributed by atoms with Gasteiger partial charge in [0.15, 0.2) is 15.7 Å². The summed E-state index contributed by atoms with van der Waals surface area (Å²) in [4.78, 5) is 16.5. The van der Waals surface area contributed by atoms with Crippen LogP contribution in [0.5, 0.6) is 5.75 Å². The smallest absolute Gasteiger partial charge is 0.229 e. The number of nitrogens with one attached hydrogen (secondary N) is 2. The number of hydrogen-bond donors (Lipinski definition) is 2. The SMILES string of the molecule is Cc1cc(Nc2ncc(Cl)c(Nc3ccccc3S(=O)(=O)C(C)C)n2)c(OC(C)C)cc1C1CCN(C(=S)SCCN2CCN(C)CC2)CC1. The fourth-order valence-electron chi connectivity index (χ4n) is 6.23. The van der Waals surface area contributed by atoms with E-state index in [-0.39, 0.29) is 21.8 Å². The van der Waals surface area contributed by atoms with Gasteiger partial charge in [0.2, 0.25) is 5.95 Å². The number of halogens is 1. The average molecular weight is 760 g/mol. The van der Waals surface area contributed by atoms with Crippen molar-refractivity contribution in [2.45, 2.75) is 69.6 Å². The summed E-state index contributed by atoms with van der Waals surface area (Å²) >= 11 is 14.2. The normalized spacial score (nSPS) is 16.6. The fourth-order valence-corrected chi connectivity index (χ4v) is 8.89. The van der Waals surface area contributed by atoms with Gasteiger partial charge in [0.05, 0.1) is 33.8 Å². The third kappa shape index (κ3) is 9.80. The maximum atomic E-state index is 13.0. The van der Waals surface area contributed by atoms with E-state index in [1.165, 1.54) is 11.8 Å². The highest BCUT2D eigenvalue weighted by Crippen LogP contribution is 2.39. The molecule has 10 nitrogen and oxygen atoms in total. The topological polar surface area (TPSA) is 103 Å². The number of nitrogens with zero attached hydrogens (tertiary/aromatic N) is 5. The number of para-hydroxylation sites is 1. The van der Waals surface area contributed by atoms with Gasteiger partial charge in [0.1, 0.15) is 15.1 Å². The van der Waals surface area contributed by atoms with Gasteiger partial charge in [-0.3, -0.25) is 4.90 Å². The van der Waals surface area contributed by atoms with Crippen LogP contribution < -0.4 is 15.4 Å². The standard InChI is InChI=1S/C36H50ClN7O3S3/c1-24(2)47-32-22-28(27-11-13-44(14-12-27)36(48)49-20-19-43-17-15-42(6)16-18-43)26(5)21-31(32)40-35-38-23-29(37)34(41-35)39-30-9-7-8-10-33(30)50(45,46)25(3)4/h7-10,21-25,27H,11-20H2,1-6H3,(H2,38,39,40,41). The quantitative estimate of drug-likeness (QED) is 0.181. The molecule has 2 N–H and O–H groups in total. The van der Waals surface area contributed by atoms with Crippen LogP contribution in [0.15, 0.2) is 47.5 Å². The molecular formula is C36H50ClN7O3S3. The molecule has 2 aliphatic heterocycles. The maximum Gasteiger partial charge on any atom is 0.229 e. The first-order valence-electron chi connectivity index (χ1n) is 17.3. The first kappa shape index (κ1) is 38.5. The summed E-state index contributed by atoms with van der Waals surface area (Å²) in [7, 11) is -1.36. The molecule has 0 spiro atoms. The van der Waals surface area contributed by atoms with Gasteiger partial charge in [0.25, 0.3) is 0 Å². The predicted octanol–water partition coefficient (Wildman–Crippen LogP) is 7.34. The lowest BCUT2D eigenvalue weighted by Gasteiger charge is -2.35. The minimum Gasteiger partial charge on any atom is -0.489 e. The van der Waals surface area contributed by atoms with Crippen molar-refractivity contribution < 1.29 is 13.2 Å². The number of likely N-dealkylation sites (N-methyl/N-ethyl adjacent to an activating group) is 1. The summed E-state index contributed by atoms with van der Waals surface area (Å²) in [6.07, 6.45) is 3.50. The van der Waals surface area contributed by atoms with Crippen molar-refractivity contribution in [3.63, 3.8) is 0 Å². The molecule has 272 valence electrons. The monoisotopic (exact) mass is 759 g/mol. The Balaban J connectivity index is 1.26. The highest BCUT2D eigenvalue weighted by molar-refractivity contribution is 8.22.